The van der Waals surface area contributed by atoms with Gasteiger partial charge < -0.3 is 11.1 Å². The van der Waals surface area contributed by atoms with Crippen LogP contribution in [0.2, 0.25) is 0 Å². The molecule has 0 radical (unpaired) electrons. The number of hydrogen-bond acceptors (Lipinski definition) is 3. The van der Waals surface area contributed by atoms with Gasteiger partial charge in [0.1, 0.15) is 5.82 Å². The summed E-state index contributed by atoms with van der Waals surface area (Å²) in [5.41, 5.74) is 8.05. The van der Waals surface area contributed by atoms with Crippen molar-refractivity contribution in [1.29, 1.82) is 0 Å². The maximum atomic E-state index is 5.72. The fraction of sp³-hybridized carbons (Fsp3) is 0.545. The lowest BCUT2D eigenvalue weighted by Gasteiger charge is -2.06. The van der Waals surface area contributed by atoms with Crippen molar-refractivity contribution in [1.82, 2.24) is 10.3 Å². The summed E-state index contributed by atoms with van der Waals surface area (Å²) in [7, 11) is 0. The molecular formula is C11H17N3. The Hall–Kier alpha value is -1.09. The van der Waals surface area contributed by atoms with Crippen LogP contribution in [0.1, 0.15) is 31.0 Å². The Morgan fingerprint density at radius 3 is 2.93 bits per heavy atom. The van der Waals surface area contributed by atoms with E-state index in [2.05, 4.69) is 23.3 Å². The van der Waals surface area contributed by atoms with Crippen molar-refractivity contribution < 1.29 is 0 Å². The second kappa shape index (κ2) is 3.96. The van der Waals surface area contributed by atoms with Crippen LogP contribution in [0.15, 0.2) is 12.1 Å². The summed E-state index contributed by atoms with van der Waals surface area (Å²) in [6.07, 6.45) is 3.59. The van der Waals surface area contributed by atoms with E-state index in [-0.39, 0.29) is 0 Å². The molecule has 0 aliphatic heterocycles. The van der Waals surface area contributed by atoms with Crippen LogP contribution in [0.5, 0.6) is 0 Å². The van der Waals surface area contributed by atoms with Gasteiger partial charge in [0.05, 0.1) is 0 Å². The lowest BCUT2D eigenvalue weighted by atomic mass is 10.2. The van der Waals surface area contributed by atoms with Crippen molar-refractivity contribution in [2.45, 2.75) is 38.8 Å². The lowest BCUT2D eigenvalue weighted by molar-refractivity contribution is 0.686. The van der Waals surface area contributed by atoms with Gasteiger partial charge in [-0.25, -0.2) is 4.98 Å². The highest BCUT2D eigenvalue weighted by Gasteiger charge is 2.19. The molecule has 0 saturated heterocycles. The summed E-state index contributed by atoms with van der Waals surface area (Å²) < 4.78 is 0. The number of nitrogens with zero attached hydrogens (tertiary/aromatic N) is 1. The number of nitrogens with one attached hydrogen (secondary N) is 1. The minimum Gasteiger partial charge on any atom is -0.384 e. The molecule has 3 N–H and O–H groups in total. The topological polar surface area (TPSA) is 50.9 Å². The molecular weight excluding hydrogens is 174 g/mol. The number of pyridine rings is 1. The quantitative estimate of drug-likeness (QED) is 0.758. The Labute approximate surface area is 84.7 Å². The number of nitrogen functional groups attached to an aromatic ring is 1. The molecule has 0 spiro atoms. The Kier molecular flexibility index (Phi) is 2.68. The number of hydrogen-bond donors (Lipinski definition) is 2. The second-order valence-corrected chi connectivity index (χ2v) is 3.90. The van der Waals surface area contributed by atoms with Crippen LogP contribution in [-0.2, 0) is 13.0 Å². The van der Waals surface area contributed by atoms with E-state index >= 15 is 0 Å². The lowest BCUT2D eigenvalue weighted by Crippen LogP contribution is -2.15. The highest BCUT2D eigenvalue weighted by Crippen LogP contribution is 2.19. The number of aromatic nitrogens is 1. The SMILES string of the molecule is CCc1cc(CNC2CC2)cc(N)n1. The van der Waals surface area contributed by atoms with Crippen LogP contribution >= 0.6 is 0 Å². The molecule has 76 valence electrons. The van der Waals surface area contributed by atoms with Gasteiger partial charge in [-0.15, -0.1) is 0 Å². The summed E-state index contributed by atoms with van der Waals surface area (Å²) in [5.74, 6) is 0.636. The van der Waals surface area contributed by atoms with Crippen molar-refractivity contribution in [2.24, 2.45) is 0 Å². The van der Waals surface area contributed by atoms with Gasteiger partial charge in [0.15, 0.2) is 0 Å². The van der Waals surface area contributed by atoms with Crippen LogP contribution in [-0.4, -0.2) is 11.0 Å². The maximum absolute atomic E-state index is 5.72. The Balaban J connectivity index is 2.03. The van der Waals surface area contributed by atoms with Gasteiger partial charge in [-0.3, -0.25) is 0 Å². The zero-order valence-corrected chi connectivity index (χ0v) is 8.59. The fourth-order valence-corrected chi connectivity index (χ4v) is 1.51. The van der Waals surface area contributed by atoms with Crippen LogP contribution in [0.25, 0.3) is 0 Å². The molecule has 3 nitrogen and oxygen atoms in total. The summed E-state index contributed by atoms with van der Waals surface area (Å²) in [6, 6.07) is 4.83. The fourth-order valence-electron chi connectivity index (χ4n) is 1.51. The zero-order chi connectivity index (χ0) is 9.97. The predicted octanol–water partition coefficient (Wildman–Crippen LogP) is 1.48. The molecule has 3 heteroatoms. The van der Waals surface area contributed by atoms with E-state index in [1.807, 2.05) is 6.07 Å². The third kappa shape index (κ3) is 2.45. The van der Waals surface area contributed by atoms with Crippen LogP contribution in [0.4, 0.5) is 5.82 Å². The first-order valence-electron chi connectivity index (χ1n) is 5.26. The molecule has 0 aromatic carbocycles. The molecule has 1 aliphatic rings. The predicted molar refractivity (Wildman–Crippen MR) is 57.9 cm³/mol. The van der Waals surface area contributed by atoms with E-state index < -0.39 is 0 Å². The molecule has 14 heavy (non-hydrogen) atoms. The summed E-state index contributed by atoms with van der Waals surface area (Å²) >= 11 is 0. The highest BCUT2D eigenvalue weighted by atomic mass is 14.9. The Morgan fingerprint density at radius 2 is 2.29 bits per heavy atom. The van der Waals surface area contributed by atoms with E-state index in [0.29, 0.717) is 5.82 Å². The number of nitrogens with two attached hydrogens (primary N) is 1. The summed E-state index contributed by atoms with van der Waals surface area (Å²) in [4.78, 5) is 4.25. The molecule has 1 aromatic rings. The van der Waals surface area contributed by atoms with E-state index in [4.69, 9.17) is 5.73 Å². The van der Waals surface area contributed by atoms with Crippen molar-refractivity contribution in [3.63, 3.8) is 0 Å². The molecule has 1 aromatic heterocycles. The monoisotopic (exact) mass is 191 g/mol. The van der Waals surface area contributed by atoms with Crippen LogP contribution in [0.3, 0.4) is 0 Å². The summed E-state index contributed by atoms with van der Waals surface area (Å²) in [6.45, 7) is 3.02. The third-order valence-electron chi connectivity index (χ3n) is 2.49. The first-order chi connectivity index (χ1) is 6.78. The first kappa shape index (κ1) is 9.46. The smallest absolute Gasteiger partial charge is 0.123 e. The molecule has 0 amide bonds. The minimum atomic E-state index is 0.636. The molecule has 0 atom stereocenters. The van der Waals surface area contributed by atoms with Crippen molar-refractivity contribution in [2.75, 3.05) is 5.73 Å². The molecule has 0 unspecified atom stereocenters. The van der Waals surface area contributed by atoms with Crippen molar-refractivity contribution >= 4 is 5.82 Å². The Bertz CT molecular complexity index is 318. The minimum absolute atomic E-state index is 0.636. The first-order valence-corrected chi connectivity index (χ1v) is 5.26. The average Bonchev–Trinajstić information content (AvgIpc) is 2.97. The van der Waals surface area contributed by atoms with Gasteiger partial charge in [0.2, 0.25) is 0 Å². The van der Waals surface area contributed by atoms with Crippen molar-refractivity contribution in [3.8, 4) is 0 Å². The molecule has 1 saturated carbocycles. The third-order valence-corrected chi connectivity index (χ3v) is 2.49. The molecule has 2 rings (SSSR count). The van der Waals surface area contributed by atoms with E-state index in [1.165, 1.54) is 18.4 Å². The molecule has 1 heterocycles. The standard InChI is InChI=1S/C11H17N3/c1-2-9-5-8(6-11(12)14-9)7-13-10-3-4-10/h5-6,10,13H,2-4,7H2,1H3,(H2,12,14). The normalized spacial score (nSPS) is 15.8. The van der Waals surface area contributed by atoms with Gasteiger partial charge >= 0.3 is 0 Å². The number of rotatable bonds is 4. The number of aryl methyl sites for hydroxylation is 1. The van der Waals surface area contributed by atoms with E-state index in [1.54, 1.807) is 0 Å². The number of anilines is 1. The van der Waals surface area contributed by atoms with Gasteiger partial charge in [0, 0.05) is 18.3 Å². The molecule has 0 bridgehead atoms. The van der Waals surface area contributed by atoms with Gasteiger partial charge in [-0.05, 0) is 37.0 Å². The largest absolute Gasteiger partial charge is 0.384 e. The van der Waals surface area contributed by atoms with Crippen LogP contribution in [0, 0.1) is 0 Å². The van der Waals surface area contributed by atoms with Gasteiger partial charge in [0.25, 0.3) is 0 Å². The summed E-state index contributed by atoms with van der Waals surface area (Å²) in [5, 5.41) is 3.47. The van der Waals surface area contributed by atoms with Gasteiger partial charge in [-0.2, -0.15) is 0 Å². The highest BCUT2D eigenvalue weighted by molar-refractivity contribution is 5.35. The van der Waals surface area contributed by atoms with Crippen LogP contribution < -0.4 is 11.1 Å². The van der Waals surface area contributed by atoms with E-state index in [9.17, 15) is 0 Å². The second-order valence-electron chi connectivity index (χ2n) is 3.90. The maximum Gasteiger partial charge on any atom is 0.123 e. The zero-order valence-electron chi connectivity index (χ0n) is 8.59. The van der Waals surface area contributed by atoms with Gasteiger partial charge in [-0.1, -0.05) is 6.92 Å². The molecule has 1 fully saturated rings. The molecule has 1 aliphatic carbocycles. The Morgan fingerprint density at radius 1 is 1.50 bits per heavy atom. The van der Waals surface area contributed by atoms with Crippen molar-refractivity contribution in [3.05, 3.63) is 23.4 Å². The van der Waals surface area contributed by atoms with E-state index in [0.717, 1.165) is 24.7 Å². The average molecular weight is 191 g/mol.